The van der Waals surface area contributed by atoms with Gasteiger partial charge in [-0.3, -0.25) is 0 Å². The molecule has 0 fully saturated rings. The lowest BCUT2D eigenvalue weighted by molar-refractivity contribution is 0.355. The summed E-state index contributed by atoms with van der Waals surface area (Å²) >= 11 is 1.65. The van der Waals surface area contributed by atoms with Crippen molar-refractivity contribution in [3.8, 4) is 11.5 Å². The third kappa shape index (κ3) is 3.31. The summed E-state index contributed by atoms with van der Waals surface area (Å²) in [5, 5.41) is 0.907. The highest BCUT2D eigenvalue weighted by Gasteiger charge is 2.16. The Labute approximate surface area is 177 Å². The summed E-state index contributed by atoms with van der Waals surface area (Å²) in [6.07, 6.45) is 2.08. The van der Waals surface area contributed by atoms with Gasteiger partial charge in [0.05, 0.1) is 41.0 Å². The van der Waals surface area contributed by atoms with E-state index >= 15 is 0 Å². The topological polar surface area (TPSA) is 60.0 Å². The monoisotopic (exact) mass is 413 g/mol. The molecule has 2 aromatic heterocycles. The highest BCUT2D eigenvalue weighted by Crippen LogP contribution is 2.34. The number of nitrogens with zero attached hydrogens (tertiary/aromatic N) is 2. The van der Waals surface area contributed by atoms with Crippen LogP contribution in [-0.2, 0) is 0 Å². The van der Waals surface area contributed by atoms with Crippen LogP contribution in [0, 0.1) is 0 Å². The van der Waals surface area contributed by atoms with Crippen LogP contribution in [0.2, 0.25) is 0 Å². The lowest BCUT2D eigenvalue weighted by Crippen LogP contribution is -1.93. The van der Waals surface area contributed by atoms with Gasteiger partial charge in [-0.2, -0.15) is 0 Å². The minimum absolute atomic E-state index is 0.680. The highest BCUT2D eigenvalue weighted by molar-refractivity contribution is 7.19. The van der Waals surface area contributed by atoms with Crippen molar-refractivity contribution < 1.29 is 9.47 Å². The van der Waals surface area contributed by atoms with Gasteiger partial charge in [-0.1, -0.05) is 30.3 Å². The largest absolute Gasteiger partial charge is 0.493 e. The van der Waals surface area contributed by atoms with Crippen molar-refractivity contribution in [2.45, 2.75) is 0 Å². The number of benzene rings is 3. The normalized spacial score (nSPS) is 11.9. The average molecular weight is 414 g/mol. The van der Waals surface area contributed by atoms with Gasteiger partial charge < -0.3 is 14.5 Å². The molecule has 0 amide bonds. The molecule has 1 N–H and O–H groups in total. The van der Waals surface area contributed by atoms with Gasteiger partial charge in [-0.25, -0.2) is 9.97 Å². The van der Waals surface area contributed by atoms with Crippen LogP contribution in [0.25, 0.3) is 32.9 Å². The summed E-state index contributed by atoms with van der Waals surface area (Å²) in [4.78, 5) is 13.1. The number of aromatic amines is 1. The Hall–Kier alpha value is -3.64. The zero-order valence-electron chi connectivity index (χ0n) is 16.5. The first-order valence-electron chi connectivity index (χ1n) is 9.50. The first-order valence-corrected chi connectivity index (χ1v) is 10.3. The average Bonchev–Trinajstić information content (AvgIpc) is 3.41. The van der Waals surface area contributed by atoms with Crippen molar-refractivity contribution in [3.05, 3.63) is 83.1 Å². The van der Waals surface area contributed by atoms with E-state index in [-0.39, 0.29) is 0 Å². The molecule has 0 saturated heterocycles. The number of methoxy groups -OCH3 is 2. The maximum absolute atomic E-state index is 5.48. The molecule has 0 unspecified atom stereocenters. The molecule has 148 valence electrons. The number of hydrogen-bond acceptors (Lipinski definition) is 5. The Balaban J connectivity index is 1.70. The molecule has 0 saturated carbocycles. The molecule has 30 heavy (non-hydrogen) atoms. The van der Waals surface area contributed by atoms with E-state index in [2.05, 4.69) is 17.1 Å². The van der Waals surface area contributed by atoms with Crippen molar-refractivity contribution in [3.63, 3.8) is 0 Å². The molecule has 0 spiro atoms. The standard InChI is InChI=1S/C24H19N3O2S/c1-28-20-12-11-15(14-21(20)29-2)13-16(23-25-17-7-3-4-8-18(17)26-23)24-27-19-9-5-6-10-22(19)30-24/h3-14H,1-2H3,(H,25,26)/b16-13+. The van der Waals surface area contributed by atoms with E-state index < -0.39 is 0 Å². The molecule has 0 aliphatic rings. The SMILES string of the molecule is COc1ccc(/C=C(\c2nc3ccccc3[nH]2)c2nc3ccccc3s2)cc1OC. The Bertz CT molecular complexity index is 1240. The van der Waals surface area contributed by atoms with Crippen molar-refractivity contribution >= 4 is 44.2 Å². The van der Waals surface area contributed by atoms with Crippen molar-refractivity contribution in [1.82, 2.24) is 15.0 Å². The van der Waals surface area contributed by atoms with E-state index in [1.165, 1.54) is 0 Å². The predicted molar refractivity (Wildman–Crippen MR) is 122 cm³/mol. The molecule has 0 bridgehead atoms. The van der Waals surface area contributed by atoms with Gasteiger partial charge in [-0.15, -0.1) is 11.3 Å². The zero-order valence-corrected chi connectivity index (χ0v) is 17.4. The summed E-state index contributed by atoms with van der Waals surface area (Å²) in [5.41, 5.74) is 4.80. The molecule has 0 aliphatic heterocycles. The first-order chi connectivity index (χ1) is 14.7. The number of H-pyrrole nitrogens is 1. The minimum atomic E-state index is 0.680. The highest BCUT2D eigenvalue weighted by atomic mass is 32.1. The third-order valence-corrected chi connectivity index (χ3v) is 5.96. The second-order valence-corrected chi connectivity index (χ2v) is 7.79. The minimum Gasteiger partial charge on any atom is -0.493 e. The molecule has 5 rings (SSSR count). The van der Waals surface area contributed by atoms with Gasteiger partial charge in [-0.05, 0) is 48.0 Å². The van der Waals surface area contributed by atoms with Crippen molar-refractivity contribution in [2.75, 3.05) is 14.2 Å². The Kier molecular flexibility index (Phi) is 4.69. The van der Waals surface area contributed by atoms with Crippen LogP contribution < -0.4 is 9.47 Å². The van der Waals surface area contributed by atoms with E-state index in [4.69, 9.17) is 19.4 Å². The fraction of sp³-hybridized carbons (Fsp3) is 0.0833. The van der Waals surface area contributed by atoms with Gasteiger partial charge in [0.25, 0.3) is 0 Å². The van der Waals surface area contributed by atoms with Crippen LogP contribution in [0.4, 0.5) is 0 Å². The number of rotatable bonds is 5. The summed E-state index contributed by atoms with van der Waals surface area (Å²) < 4.78 is 12.0. The van der Waals surface area contributed by atoms with Crippen LogP contribution in [0.1, 0.15) is 16.4 Å². The summed E-state index contributed by atoms with van der Waals surface area (Å²) in [6, 6.07) is 22.0. The molecule has 3 aromatic carbocycles. The Morgan fingerprint density at radius 1 is 0.867 bits per heavy atom. The van der Waals surface area contributed by atoms with Crippen LogP contribution in [0.5, 0.6) is 11.5 Å². The van der Waals surface area contributed by atoms with Crippen LogP contribution in [0.3, 0.4) is 0 Å². The van der Waals surface area contributed by atoms with Gasteiger partial charge in [0.1, 0.15) is 10.8 Å². The molecular formula is C24H19N3O2S. The first kappa shape index (κ1) is 18.4. The quantitative estimate of drug-likeness (QED) is 0.397. The molecule has 5 nitrogen and oxygen atoms in total. The molecule has 0 atom stereocenters. The van der Waals surface area contributed by atoms with E-state index in [1.54, 1.807) is 25.6 Å². The molecule has 0 aliphatic carbocycles. The number of imidazole rings is 1. The molecule has 0 radical (unpaired) electrons. The fourth-order valence-corrected chi connectivity index (χ4v) is 4.39. The predicted octanol–water partition coefficient (Wildman–Crippen LogP) is 5.78. The van der Waals surface area contributed by atoms with E-state index in [1.807, 2.05) is 60.7 Å². The Morgan fingerprint density at radius 2 is 1.63 bits per heavy atom. The molecular weight excluding hydrogens is 394 g/mol. The lowest BCUT2D eigenvalue weighted by Gasteiger charge is -2.08. The molecule has 2 heterocycles. The van der Waals surface area contributed by atoms with Crippen LogP contribution in [0.15, 0.2) is 66.7 Å². The van der Waals surface area contributed by atoms with Gasteiger partial charge >= 0.3 is 0 Å². The number of nitrogens with one attached hydrogen (secondary N) is 1. The molecule has 5 aromatic rings. The summed E-state index contributed by atoms with van der Waals surface area (Å²) in [6.45, 7) is 0. The van der Waals surface area contributed by atoms with Crippen LogP contribution in [-0.4, -0.2) is 29.2 Å². The Morgan fingerprint density at radius 3 is 2.40 bits per heavy atom. The van der Waals surface area contributed by atoms with E-state index in [0.717, 1.165) is 43.2 Å². The number of thiazole rings is 1. The summed E-state index contributed by atoms with van der Waals surface area (Å²) in [5.74, 6) is 2.16. The van der Waals surface area contributed by atoms with E-state index in [9.17, 15) is 0 Å². The van der Waals surface area contributed by atoms with Crippen molar-refractivity contribution in [2.24, 2.45) is 0 Å². The number of para-hydroxylation sites is 3. The maximum atomic E-state index is 5.48. The smallest absolute Gasteiger partial charge is 0.161 e. The number of aromatic nitrogens is 3. The molecule has 6 heteroatoms. The number of fused-ring (bicyclic) bond motifs is 2. The van der Waals surface area contributed by atoms with Gasteiger partial charge in [0, 0.05) is 0 Å². The zero-order chi connectivity index (χ0) is 20.5. The van der Waals surface area contributed by atoms with E-state index in [0.29, 0.717) is 11.5 Å². The third-order valence-electron chi connectivity index (χ3n) is 4.89. The second kappa shape index (κ2) is 7.65. The second-order valence-electron chi connectivity index (χ2n) is 6.76. The van der Waals surface area contributed by atoms with Crippen molar-refractivity contribution in [1.29, 1.82) is 0 Å². The maximum Gasteiger partial charge on any atom is 0.161 e. The fourth-order valence-electron chi connectivity index (χ4n) is 3.41. The number of ether oxygens (including phenoxy) is 2. The number of hydrogen-bond donors (Lipinski definition) is 1. The summed E-state index contributed by atoms with van der Waals surface area (Å²) in [7, 11) is 3.27. The van der Waals surface area contributed by atoms with Gasteiger partial charge in [0.15, 0.2) is 11.5 Å². The van der Waals surface area contributed by atoms with Crippen LogP contribution >= 0.6 is 11.3 Å². The van der Waals surface area contributed by atoms with Gasteiger partial charge in [0.2, 0.25) is 0 Å². The lowest BCUT2D eigenvalue weighted by atomic mass is 10.1.